The molecule has 0 saturated heterocycles. The van der Waals surface area contributed by atoms with Crippen LogP contribution < -0.4 is 15.8 Å². The SMILES string of the molecule is NC(=O)c1cc(-c2ccccc2)sc1NC(=O)COc1ccc(Cl)cc1. The largest absolute Gasteiger partial charge is 0.484 e. The molecule has 0 bridgehead atoms. The fourth-order valence-corrected chi connectivity index (χ4v) is 3.46. The van der Waals surface area contributed by atoms with Gasteiger partial charge in [0.15, 0.2) is 6.61 Å². The zero-order chi connectivity index (χ0) is 18.5. The molecule has 0 fully saturated rings. The van der Waals surface area contributed by atoms with Crippen LogP contribution in [0.3, 0.4) is 0 Å². The lowest BCUT2D eigenvalue weighted by atomic mass is 10.1. The molecule has 0 radical (unpaired) electrons. The van der Waals surface area contributed by atoms with E-state index in [1.54, 1.807) is 30.3 Å². The molecule has 3 N–H and O–H groups in total. The third kappa shape index (κ3) is 4.41. The van der Waals surface area contributed by atoms with Crippen molar-refractivity contribution in [2.75, 3.05) is 11.9 Å². The molecule has 0 unspecified atom stereocenters. The number of amides is 2. The number of hydrogen-bond donors (Lipinski definition) is 2. The number of halogens is 1. The lowest BCUT2D eigenvalue weighted by Crippen LogP contribution is -2.21. The molecule has 2 aromatic carbocycles. The van der Waals surface area contributed by atoms with Crippen LogP contribution in [0, 0.1) is 0 Å². The number of carbonyl (C=O) groups excluding carboxylic acids is 2. The Morgan fingerprint density at radius 3 is 2.42 bits per heavy atom. The topological polar surface area (TPSA) is 81.4 Å². The van der Waals surface area contributed by atoms with Gasteiger partial charge >= 0.3 is 0 Å². The van der Waals surface area contributed by atoms with E-state index in [-0.39, 0.29) is 18.1 Å². The number of primary amides is 1. The number of nitrogens with one attached hydrogen (secondary N) is 1. The van der Waals surface area contributed by atoms with E-state index < -0.39 is 5.91 Å². The molecule has 5 nitrogen and oxygen atoms in total. The number of rotatable bonds is 6. The molecule has 1 heterocycles. The van der Waals surface area contributed by atoms with Crippen LogP contribution in [0.4, 0.5) is 5.00 Å². The van der Waals surface area contributed by atoms with E-state index in [1.807, 2.05) is 30.3 Å². The van der Waals surface area contributed by atoms with Crippen molar-refractivity contribution in [2.45, 2.75) is 0 Å². The first kappa shape index (κ1) is 18.0. The van der Waals surface area contributed by atoms with E-state index in [1.165, 1.54) is 11.3 Å². The first-order chi connectivity index (χ1) is 12.5. The smallest absolute Gasteiger partial charge is 0.262 e. The van der Waals surface area contributed by atoms with Gasteiger partial charge in [-0.2, -0.15) is 0 Å². The summed E-state index contributed by atoms with van der Waals surface area (Å²) >= 11 is 7.09. The summed E-state index contributed by atoms with van der Waals surface area (Å²) in [7, 11) is 0. The Kier molecular flexibility index (Phi) is 5.55. The maximum absolute atomic E-state index is 12.2. The number of thiophene rings is 1. The first-order valence-corrected chi connectivity index (χ1v) is 8.89. The second-order valence-corrected chi connectivity index (χ2v) is 6.86. The number of ether oxygens (including phenoxy) is 1. The second kappa shape index (κ2) is 8.03. The van der Waals surface area contributed by atoms with Crippen molar-refractivity contribution in [1.82, 2.24) is 0 Å². The van der Waals surface area contributed by atoms with E-state index >= 15 is 0 Å². The number of carbonyl (C=O) groups is 2. The van der Waals surface area contributed by atoms with Gasteiger partial charge in [-0.3, -0.25) is 9.59 Å². The average molecular weight is 387 g/mol. The summed E-state index contributed by atoms with van der Waals surface area (Å²) in [6, 6.07) is 17.9. The zero-order valence-corrected chi connectivity index (χ0v) is 15.1. The van der Waals surface area contributed by atoms with E-state index in [4.69, 9.17) is 22.1 Å². The van der Waals surface area contributed by atoms with Crippen LogP contribution in [0.15, 0.2) is 60.7 Å². The molecule has 26 heavy (non-hydrogen) atoms. The van der Waals surface area contributed by atoms with E-state index in [0.717, 1.165) is 10.4 Å². The van der Waals surface area contributed by atoms with E-state index in [2.05, 4.69) is 5.32 Å². The Labute approximate surface area is 159 Å². The van der Waals surface area contributed by atoms with Crippen LogP contribution in [0.1, 0.15) is 10.4 Å². The molecule has 7 heteroatoms. The quantitative estimate of drug-likeness (QED) is 0.666. The van der Waals surface area contributed by atoms with Gasteiger partial charge in [0.05, 0.1) is 5.56 Å². The summed E-state index contributed by atoms with van der Waals surface area (Å²) in [6.45, 7) is -0.196. The molecule has 0 saturated carbocycles. The van der Waals surface area contributed by atoms with Crippen molar-refractivity contribution in [3.8, 4) is 16.2 Å². The van der Waals surface area contributed by atoms with Crippen molar-refractivity contribution in [3.63, 3.8) is 0 Å². The Morgan fingerprint density at radius 1 is 1.08 bits per heavy atom. The highest BCUT2D eigenvalue weighted by atomic mass is 35.5. The minimum atomic E-state index is -0.600. The number of anilines is 1. The molecule has 0 spiro atoms. The van der Waals surface area contributed by atoms with Gasteiger partial charge in [-0.05, 0) is 35.9 Å². The molecule has 1 aromatic heterocycles. The molecule has 0 aliphatic carbocycles. The van der Waals surface area contributed by atoms with Gasteiger partial charge in [0.1, 0.15) is 10.8 Å². The minimum absolute atomic E-state index is 0.196. The summed E-state index contributed by atoms with van der Waals surface area (Å²) in [4.78, 5) is 24.7. The lowest BCUT2D eigenvalue weighted by Gasteiger charge is -2.07. The van der Waals surface area contributed by atoms with Gasteiger partial charge in [0.2, 0.25) is 0 Å². The molecule has 3 rings (SSSR count). The second-order valence-electron chi connectivity index (χ2n) is 5.37. The zero-order valence-electron chi connectivity index (χ0n) is 13.6. The van der Waals surface area contributed by atoms with Crippen LogP contribution >= 0.6 is 22.9 Å². The lowest BCUT2D eigenvalue weighted by molar-refractivity contribution is -0.118. The maximum atomic E-state index is 12.2. The summed E-state index contributed by atoms with van der Waals surface area (Å²) in [5, 5.41) is 3.68. The molecular formula is C19H15ClN2O3S. The monoisotopic (exact) mass is 386 g/mol. The molecule has 132 valence electrons. The fraction of sp³-hybridized carbons (Fsp3) is 0.0526. The van der Waals surface area contributed by atoms with Gasteiger partial charge in [0, 0.05) is 9.90 Å². The maximum Gasteiger partial charge on any atom is 0.262 e. The van der Waals surface area contributed by atoms with Crippen LogP contribution in [0.25, 0.3) is 10.4 Å². The van der Waals surface area contributed by atoms with Gasteiger partial charge < -0.3 is 15.8 Å². The van der Waals surface area contributed by atoms with Gasteiger partial charge in [-0.25, -0.2) is 0 Å². The van der Waals surface area contributed by atoms with E-state index in [9.17, 15) is 9.59 Å². The average Bonchev–Trinajstić information content (AvgIpc) is 3.06. The predicted molar refractivity (Wildman–Crippen MR) is 104 cm³/mol. The third-order valence-corrected chi connectivity index (χ3v) is 4.84. The Morgan fingerprint density at radius 2 is 1.77 bits per heavy atom. The van der Waals surface area contributed by atoms with Gasteiger partial charge in [-0.1, -0.05) is 41.9 Å². The Hall–Kier alpha value is -2.83. The molecule has 3 aromatic rings. The number of nitrogens with two attached hydrogens (primary N) is 1. The van der Waals surface area contributed by atoms with Crippen LogP contribution in [-0.4, -0.2) is 18.4 Å². The molecule has 0 aliphatic heterocycles. The predicted octanol–water partition coefficient (Wildman–Crippen LogP) is 4.18. The number of benzene rings is 2. The van der Waals surface area contributed by atoms with Crippen molar-refractivity contribution in [3.05, 3.63) is 71.2 Å². The fourth-order valence-electron chi connectivity index (χ4n) is 2.25. The van der Waals surface area contributed by atoms with Crippen LogP contribution in [-0.2, 0) is 4.79 Å². The van der Waals surface area contributed by atoms with Crippen molar-refractivity contribution < 1.29 is 14.3 Å². The van der Waals surface area contributed by atoms with Crippen molar-refractivity contribution in [1.29, 1.82) is 0 Å². The summed E-state index contributed by atoms with van der Waals surface area (Å²) in [6.07, 6.45) is 0. The molecule has 2 amide bonds. The van der Waals surface area contributed by atoms with Crippen molar-refractivity contribution in [2.24, 2.45) is 5.73 Å². The molecule has 0 atom stereocenters. The van der Waals surface area contributed by atoms with Crippen molar-refractivity contribution >= 4 is 39.8 Å². The standard InChI is InChI=1S/C19H15ClN2O3S/c20-13-6-8-14(9-7-13)25-11-17(23)22-19-15(18(21)24)10-16(26-19)12-4-2-1-3-5-12/h1-10H,11H2,(H2,21,24)(H,22,23). The van der Waals surface area contributed by atoms with Gasteiger partial charge in [-0.15, -0.1) is 11.3 Å². The summed E-state index contributed by atoms with van der Waals surface area (Å²) in [5.41, 5.74) is 6.65. The van der Waals surface area contributed by atoms with Gasteiger partial charge in [0.25, 0.3) is 11.8 Å². The summed E-state index contributed by atoms with van der Waals surface area (Å²) in [5.74, 6) is -0.461. The van der Waals surface area contributed by atoms with E-state index in [0.29, 0.717) is 15.8 Å². The third-order valence-electron chi connectivity index (χ3n) is 3.49. The highest BCUT2D eigenvalue weighted by molar-refractivity contribution is 7.20. The highest BCUT2D eigenvalue weighted by Gasteiger charge is 2.17. The number of hydrogen-bond acceptors (Lipinski definition) is 4. The van der Waals surface area contributed by atoms with Crippen LogP contribution in [0.2, 0.25) is 5.02 Å². The Balaban J connectivity index is 1.71. The molecular weight excluding hydrogens is 372 g/mol. The molecule has 0 aliphatic rings. The first-order valence-electron chi connectivity index (χ1n) is 7.70. The minimum Gasteiger partial charge on any atom is -0.484 e. The normalized spacial score (nSPS) is 10.3. The van der Waals surface area contributed by atoms with Crippen LogP contribution in [0.5, 0.6) is 5.75 Å². The Bertz CT molecular complexity index is 924. The highest BCUT2D eigenvalue weighted by Crippen LogP contribution is 2.35. The summed E-state index contributed by atoms with van der Waals surface area (Å²) < 4.78 is 5.40.